The van der Waals surface area contributed by atoms with Crippen molar-refractivity contribution in [3.63, 3.8) is 0 Å². The zero-order chi connectivity index (χ0) is 16.3. The fourth-order valence-corrected chi connectivity index (χ4v) is 1.81. The summed E-state index contributed by atoms with van der Waals surface area (Å²) >= 11 is 0. The van der Waals surface area contributed by atoms with Crippen LogP contribution in [0, 0.1) is 10.1 Å². The largest absolute Gasteiger partial charge is 0.478 e. The number of nitro groups is 1. The van der Waals surface area contributed by atoms with Crippen LogP contribution < -0.4 is 11.2 Å². The number of nitrogens with one attached hydrogen (secondary N) is 2. The molecular formula is C13H9N3O6. The molecule has 9 heteroatoms. The van der Waals surface area contributed by atoms with Gasteiger partial charge in [0.05, 0.1) is 10.5 Å². The van der Waals surface area contributed by atoms with E-state index in [0.29, 0.717) is 0 Å². The van der Waals surface area contributed by atoms with Gasteiger partial charge in [-0.1, -0.05) is 24.3 Å². The first-order valence-electron chi connectivity index (χ1n) is 5.91. The standard InChI is InChI=1S/C13H9N3O6/c17-11-10(16(21)22)9(14-13(20)15-11)6-5-7-3-1-2-4-8(7)12(18)19/h1-6H,(H,18,19)(H2,14,15,17,20). The monoisotopic (exact) mass is 303 g/mol. The summed E-state index contributed by atoms with van der Waals surface area (Å²) in [6.07, 6.45) is 2.37. The van der Waals surface area contributed by atoms with Crippen LogP contribution in [0.3, 0.4) is 0 Å². The summed E-state index contributed by atoms with van der Waals surface area (Å²) < 4.78 is 0. The van der Waals surface area contributed by atoms with Gasteiger partial charge in [0.25, 0.3) is 0 Å². The fourth-order valence-electron chi connectivity index (χ4n) is 1.81. The smallest absolute Gasteiger partial charge is 0.357 e. The molecule has 0 aliphatic heterocycles. The minimum atomic E-state index is -1.17. The highest BCUT2D eigenvalue weighted by molar-refractivity contribution is 5.93. The number of carbonyl (C=O) groups is 1. The number of carboxylic acid groups (broad SMARTS) is 1. The molecule has 0 saturated carbocycles. The first-order valence-corrected chi connectivity index (χ1v) is 5.91. The predicted octanol–water partition coefficient (Wildman–Crippen LogP) is 0.840. The van der Waals surface area contributed by atoms with Gasteiger partial charge in [0.2, 0.25) is 0 Å². The highest BCUT2D eigenvalue weighted by atomic mass is 16.6. The number of aromatic carboxylic acids is 1. The van der Waals surface area contributed by atoms with E-state index < -0.39 is 27.8 Å². The first kappa shape index (κ1) is 14.9. The Hall–Kier alpha value is -3.49. The Morgan fingerprint density at radius 1 is 1.18 bits per heavy atom. The fraction of sp³-hybridized carbons (Fsp3) is 0. The van der Waals surface area contributed by atoms with E-state index in [1.165, 1.54) is 24.3 Å². The van der Waals surface area contributed by atoms with Crippen molar-refractivity contribution >= 4 is 23.8 Å². The van der Waals surface area contributed by atoms with Crippen LogP contribution in [0.15, 0.2) is 33.9 Å². The van der Waals surface area contributed by atoms with Gasteiger partial charge in [-0.2, -0.15) is 0 Å². The third kappa shape index (κ3) is 2.98. The lowest BCUT2D eigenvalue weighted by Gasteiger charge is -2.00. The molecule has 1 aromatic heterocycles. The summed E-state index contributed by atoms with van der Waals surface area (Å²) in [6, 6.07) is 5.95. The zero-order valence-corrected chi connectivity index (χ0v) is 10.9. The molecule has 0 fully saturated rings. The highest BCUT2D eigenvalue weighted by Gasteiger charge is 2.19. The number of nitrogens with zero attached hydrogens (tertiary/aromatic N) is 1. The first-order chi connectivity index (χ1) is 10.4. The average molecular weight is 303 g/mol. The van der Waals surface area contributed by atoms with Crippen molar-refractivity contribution in [2.24, 2.45) is 0 Å². The number of H-pyrrole nitrogens is 2. The molecule has 0 saturated heterocycles. The second-order valence-corrected chi connectivity index (χ2v) is 4.15. The van der Waals surface area contributed by atoms with Crippen molar-refractivity contribution in [2.75, 3.05) is 0 Å². The predicted molar refractivity (Wildman–Crippen MR) is 76.7 cm³/mol. The molecule has 22 heavy (non-hydrogen) atoms. The van der Waals surface area contributed by atoms with Crippen LogP contribution in [0.2, 0.25) is 0 Å². The quantitative estimate of drug-likeness (QED) is 0.563. The lowest BCUT2D eigenvalue weighted by atomic mass is 10.1. The number of benzene rings is 1. The van der Waals surface area contributed by atoms with Gasteiger partial charge < -0.3 is 10.1 Å². The molecule has 9 nitrogen and oxygen atoms in total. The normalized spacial score (nSPS) is 10.7. The minimum Gasteiger partial charge on any atom is -0.478 e. The molecule has 0 aliphatic rings. The summed E-state index contributed by atoms with van der Waals surface area (Å²) in [5, 5.41) is 19.9. The van der Waals surface area contributed by atoms with E-state index in [1.54, 1.807) is 11.1 Å². The summed E-state index contributed by atoms with van der Waals surface area (Å²) in [6.45, 7) is 0. The molecule has 0 amide bonds. The Morgan fingerprint density at radius 2 is 1.86 bits per heavy atom. The van der Waals surface area contributed by atoms with Crippen LogP contribution in [-0.4, -0.2) is 26.0 Å². The molecule has 0 atom stereocenters. The van der Waals surface area contributed by atoms with Gasteiger partial charge in [-0.3, -0.25) is 19.9 Å². The van der Waals surface area contributed by atoms with Gasteiger partial charge in [0.1, 0.15) is 5.69 Å². The van der Waals surface area contributed by atoms with Gasteiger partial charge >= 0.3 is 22.9 Å². The number of hydrogen-bond donors (Lipinski definition) is 3. The Bertz CT molecular complexity index is 893. The number of hydrogen-bond acceptors (Lipinski definition) is 5. The van der Waals surface area contributed by atoms with Crippen molar-refractivity contribution < 1.29 is 14.8 Å². The topological polar surface area (TPSA) is 146 Å². The molecule has 2 rings (SSSR count). The summed E-state index contributed by atoms with van der Waals surface area (Å²) in [5.41, 5.74) is -2.94. The molecular weight excluding hydrogens is 294 g/mol. The van der Waals surface area contributed by atoms with E-state index >= 15 is 0 Å². The molecule has 0 aliphatic carbocycles. The number of rotatable bonds is 4. The van der Waals surface area contributed by atoms with E-state index in [4.69, 9.17) is 5.11 Å². The maximum absolute atomic E-state index is 11.4. The minimum absolute atomic E-state index is 0.0198. The molecule has 1 heterocycles. The SMILES string of the molecule is O=C(O)c1ccccc1C=Cc1[nH]c(=O)[nH]c(=O)c1[N+](=O)[O-]. The molecule has 2 aromatic rings. The van der Waals surface area contributed by atoms with Crippen molar-refractivity contribution in [1.29, 1.82) is 0 Å². The Labute approximate surface area is 121 Å². The van der Waals surface area contributed by atoms with E-state index in [9.17, 15) is 24.5 Å². The van der Waals surface area contributed by atoms with Crippen LogP contribution in [0.5, 0.6) is 0 Å². The van der Waals surface area contributed by atoms with Crippen molar-refractivity contribution in [3.05, 3.63) is 72.0 Å². The summed E-state index contributed by atoms with van der Waals surface area (Å²) in [4.78, 5) is 47.5. The summed E-state index contributed by atoms with van der Waals surface area (Å²) in [7, 11) is 0. The second-order valence-electron chi connectivity index (χ2n) is 4.15. The van der Waals surface area contributed by atoms with Gasteiger partial charge in [-0.25, -0.2) is 9.59 Å². The maximum atomic E-state index is 11.4. The zero-order valence-electron chi connectivity index (χ0n) is 10.9. The number of aromatic nitrogens is 2. The molecule has 0 radical (unpaired) electrons. The third-order valence-electron chi connectivity index (χ3n) is 2.75. The van der Waals surface area contributed by atoms with Gasteiger partial charge in [-0.05, 0) is 17.7 Å². The van der Waals surface area contributed by atoms with Gasteiger partial charge in [0, 0.05) is 0 Å². The van der Waals surface area contributed by atoms with Crippen LogP contribution in [0.25, 0.3) is 12.2 Å². The molecule has 3 N–H and O–H groups in total. The van der Waals surface area contributed by atoms with E-state index in [0.717, 1.165) is 6.08 Å². The molecule has 0 spiro atoms. The third-order valence-corrected chi connectivity index (χ3v) is 2.75. The number of aromatic amines is 2. The Balaban J connectivity index is 2.57. The van der Waals surface area contributed by atoms with E-state index in [2.05, 4.69) is 4.98 Å². The van der Waals surface area contributed by atoms with Crippen molar-refractivity contribution in [1.82, 2.24) is 9.97 Å². The lowest BCUT2D eigenvalue weighted by molar-refractivity contribution is -0.386. The van der Waals surface area contributed by atoms with Crippen molar-refractivity contribution in [3.8, 4) is 0 Å². The second kappa shape index (κ2) is 5.87. The average Bonchev–Trinajstić information content (AvgIpc) is 2.44. The molecule has 112 valence electrons. The van der Waals surface area contributed by atoms with Gasteiger partial charge in [-0.15, -0.1) is 0 Å². The van der Waals surface area contributed by atoms with Crippen LogP contribution >= 0.6 is 0 Å². The van der Waals surface area contributed by atoms with E-state index in [-0.39, 0.29) is 16.8 Å². The molecule has 0 unspecified atom stereocenters. The Morgan fingerprint density at radius 3 is 2.50 bits per heavy atom. The summed E-state index contributed by atoms with van der Waals surface area (Å²) in [5.74, 6) is -1.17. The lowest BCUT2D eigenvalue weighted by Crippen LogP contribution is -2.25. The van der Waals surface area contributed by atoms with Gasteiger partial charge in [0.15, 0.2) is 0 Å². The van der Waals surface area contributed by atoms with E-state index in [1.807, 2.05) is 0 Å². The van der Waals surface area contributed by atoms with Crippen LogP contribution in [-0.2, 0) is 0 Å². The van der Waals surface area contributed by atoms with Crippen LogP contribution in [0.4, 0.5) is 5.69 Å². The molecule has 0 bridgehead atoms. The molecule has 1 aromatic carbocycles. The van der Waals surface area contributed by atoms with Crippen LogP contribution in [0.1, 0.15) is 21.6 Å². The highest BCUT2D eigenvalue weighted by Crippen LogP contribution is 2.15. The van der Waals surface area contributed by atoms with Crippen molar-refractivity contribution in [2.45, 2.75) is 0 Å². The number of carboxylic acids is 1. The Kier molecular flexibility index (Phi) is 3.98. The maximum Gasteiger partial charge on any atom is 0.357 e.